The molecule has 19 heavy (non-hydrogen) atoms. The second-order valence-corrected chi connectivity index (χ2v) is 4.43. The summed E-state index contributed by atoms with van der Waals surface area (Å²) in [5.41, 5.74) is 6.23. The van der Waals surface area contributed by atoms with Crippen molar-refractivity contribution in [3.63, 3.8) is 0 Å². The number of carbonyl (C=O) groups is 1. The molecule has 0 atom stereocenters. The number of carbonyl (C=O) groups excluding carboxylic acids is 1. The van der Waals surface area contributed by atoms with E-state index in [2.05, 4.69) is 36.6 Å². The molecule has 8 heteroatoms. The Morgan fingerprint density at radius 3 is 2.84 bits per heavy atom. The van der Waals surface area contributed by atoms with Crippen molar-refractivity contribution >= 4 is 33.5 Å². The van der Waals surface area contributed by atoms with Gasteiger partial charge in [-0.3, -0.25) is 9.89 Å². The number of benzene rings is 1. The van der Waals surface area contributed by atoms with Crippen molar-refractivity contribution in [2.75, 3.05) is 5.32 Å². The first-order valence-electron chi connectivity index (χ1n) is 5.20. The van der Waals surface area contributed by atoms with Gasteiger partial charge in [-0.15, -0.1) is 0 Å². The Hall–Kier alpha value is -2.35. The van der Waals surface area contributed by atoms with E-state index in [0.717, 1.165) is 0 Å². The van der Waals surface area contributed by atoms with Crippen molar-refractivity contribution in [3.05, 3.63) is 46.1 Å². The molecular formula is C11H10BrN5O2. The van der Waals surface area contributed by atoms with Gasteiger partial charge in [0.1, 0.15) is 5.82 Å². The van der Waals surface area contributed by atoms with Gasteiger partial charge in [0.15, 0.2) is 5.84 Å². The highest BCUT2D eigenvalue weighted by molar-refractivity contribution is 9.10. The van der Waals surface area contributed by atoms with Crippen LogP contribution >= 0.6 is 15.9 Å². The SMILES string of the molecule is NC(=NO)c1cn[nH]c1NC(=O)c1ccccc1Br. The molecule has 0 spiro atoms. The molecule has 2 aromatic rings. The van der Waals surface area contributed by atoms with Crippen LogP contribution < -0.4 is 11.1 Å². The average Bonchev–Trinajstić information content (AvgIpc) is 2.86. The van der Waals surface area contributed by atoms with Gasteiger partial charge in [0.2, 0.25) is 0 Å². The fraction of sp³-hybridized carbons (Fsp3) is 0. The van der Waals surface area contributed by atoms with Crippen LogP contribution in [0, 0.1) is 0 Å². The highest BCUT2D eigenvalue weighted by Gasteiger charge is 2.15. The minimum atomic E-state index is -0.344. The van der Waals surface area contributed by atoms with Gasteiger partial charge in [-0.1, -0.05) is 17.3 Å². The van der Waals surface area contributed by atoms with E-state index in [1.54, 1.807) is 24.3 Å². The van der Waals surface area contributed by atoms with Gasteiger partial charge < -0.3 is 16.3 Å². The lowest BCUT2D eigenvalue weighted by atomic mass is 10.2. The van der Waals surface area contributed by atoms with Crippen molar-refractivity contribution in [1.29, 1.82) is 0 Å². The molecule has 0 aliphatic heterocycles. The summed E-state index contributed by atoms with van der Waals surface area (Å²) in [5.74, 6) is -0.226. The number of hydrogen-bond acceptors (Lipinski definition) is 4. The summed E-state index contributed by atoms with van der Waals surface area (Å²) >= 11 is 3.29. The lowest BCUT2D eigenvalue weighted by Gasteiger charge is -2.06. The Morgan fingerprint density at radius 1 is 1.42 bits per heavy atom. The Morgan fingerprint density at radius 2 is 2.16 bits per heavy atom. The molecular weight excluding hydrogens is 314 g/mol. The zero-order chi connectivity index (χ0) is 13.8. The molecule has 7 nitrogen and oxygen atoms in total. The van der Waals surface area contributed by atoms with Crippen LogP contribution in [-0.2, 0) is 0 Å². The van der Waals surface area contributed by atoms with E-state index in [1.165, 1.54) is 6.20 Å². The molecule has 0 unspecified atom stereocenters. The Balaban J connectivity index is 2.26. The molecule has 1 heterocycles. The highest BCUT2D eigenvalue weighted by Crippen LogP contribution is 2.18. The quantitative estimate of drug-likeness (QED) is 0.296. The number of anilines is 1. The predicted molar refractivity (Wildman–Crippen MR) is 73.2 cm³/mol. The van der Waals surface area contributed by atoms with Gasteiger partial charge in [0.25, 0.3) is 5.91 Å². The van der Waals surface area contributed by atoms with Gasteiger partial charge in [-0.2, -0.15) is 5.10 Å². The third kappa shape index (κ3) is 2.74. The van der Waals surface area contributed by atoms with Crippen LogP contribution in [0.1, 0.15) is 15.9 Å². The van der Waals surface area contributed by atoms with E-state index in [1.807, 2.05) is 0 Å². The smallest absolute Gasteiger partial charge is 0.257 e. The van der Waals surface area contributed by atoms with E-state index in [9.17, 15) is 4.79 Å². The number of H-pyrrole nitrogens is 1. The maximum absolute atomic E-state index is 12.1. The number of nitrogens with zero attached hydrogens (tertiary/aromatic N) is 2. The van der Waals surface area contributed by atoms with Gasteiger partial charge in [-0.05, 0) is 28.1 Å². The Labute approximate surface area is 116 Å². The Kier molecular flexibility index (Phi) is 3.81. The van der Waals surface area contributed by atoms with Crippen molar-refractivity contribution in [2.24, 2.45) is 10.9 Å². The van der Waals surface area contributed by atoms with E-state index >= 15 is 0 Å². The number of amidine groups is 1. The topological polar surface area (TPSA) is 116 Å². The number of hydrogen-bond donors (Lipinski definition) is 4. The van der Waals surface area contributed by atoms with Gasteiger partial charge in [0, 0.05) is 4.47 Å². The molecule has 98 valence electrons. The lowest BCUT2D eigenvalue weighted by Crippen LogP contribution is -2.18. The summed E-state index contributed by atoms with van der Waals surface area (Å²) < 4.78 is 0.664. The maximum atomic E-state index is 12.1. The number of aromatic amines is 1. The van der Waals surface area contributed by atoms with Crippen LogP contribution in [0.4, 0.5) is 5.82 Å². The fourth-order valence-corrected chi connectivity index (χ4v) is 1.92. The largest absolute Gasteiger partial charge is 0.409 e. The van der Waals surface area contributed by atoms with Crippen molar-refractivity contribution in [1.82, 2.24) is 10.2 Å². The van der Waals surface area contributed by atoms with Gasteiger partial charge >= 0.3 is 0 Å². The molecule has 0 fully saturated rings. The van der Waals surface area contributed by atoms with E-state index in [0.29, 0.717) is 15.6 Å². The minimum absolute atomic E-state index is 0.142. The number of halogens is 1. The van der Waals surface area contributed by atoms with Gasteiger partial charge in [0.05, 0.1) is 17.3 Å². The molecule has 0 saturated heterocycles. The first-order valence-corrected chi connectivity index (χ1v) is 6.00. The molecule has 1 aromatic carbocycles. The number of rotatable bonds is 3. The number of nitrogens with one attached hydrogen (secondary N) is 2. The van der Waals surface area contributed by atoms with Crippen molar-refractivity contribution in [2.45, 2.75) is 0 Å². The van der Waals surface area contributed by atoms with Crippen LogP contribution in [0.3, 0.4) is 0 Å². The highest BCUT2D eigenvalue weighted by atomic mass is 79.9. The number of aromatic nitrogens is 2. The van der Waals surface area contributed by atoms with Crippen LogP contribution in [0.15, 0.2) is 40.1 Å². The zero-order valence-corrected chi connectivity index (χ0v) is 11.2. The summed E-state index contributed by atoms with van der Waals surface area (Å²) in [4.78, 5) is 12.1. The van der Waals surface area contributed by atoms with E-state index in [4.69, 9.17) is 10.9 Å². The van der Waals surface area contributed by atoms with Gasteiger partial charge in [-0.25, -0.2) is 0 Å². The average molecular weight is 324 g/mol. The predicted octanol–water partition coefficient (Wildman–Crippen LogP) is 1.52. The molecule has 1 aromatic heterocycles. The standard InChI is InChI=1S/C11H10BrN5O2/c12-8-4-2-1-3-6(8)11(18)15-10-7(5-14-16-10)9(13)17-19/h1-5,19H,(H2,13,17)(H2,14,15,16,18). The minimum Gasteiger partial charge on any atom is -0.409 e. The summed E-state index contributed by atoms with van der Waals surface area (Å²) in [6.45, 7) is 0. The zero-order valence-electron chi connectivity index (χ0n) is 9.59. The van der Waals surface area contributed by atoms with Crippen LogP contribution in [0.25, 0.3) is 0 Å². The lowest BCUT2D eigenvalue weighted by molar-refractivity contribution is 0.102. The van der Waals surface area contributed by atoms with Crippen LogP contribution in [0.5, 0.6) is 0 Å². The fourth-order valence-electron chi connectivity index (χ4n) is 1.46. The molecule has 0 saturated carbocycles. The van der Waals surface area contributed by atoms with Crippen molar-refractivity contribution in [3.8, 4) is 0 Å². The summed E-state index contributed by atoms with van der Waals surface area (Å²) in [7, 11) is 0. The van der Waals surface area contributed by atoms with E-state index in [-0.39, 0.29) is 17.6 Å². The summed E-state index contributed by atoms with van der Waals surface area (Å²) in [5, 5.41) is 20.4. The van der Waals surface area contributed by atoms with Crippen LogP contribution in [-0.4, -0.2) is 27.1 Å². The second kappa shape index (κ2) is 5.53. The molecule has 2 rings (SSSR count). The summed E-state index contributed by atoms with van der Waals surface area (Å²) in [6.07, 6.45) is 1.35. The molecule has 5 N–H and O–H groups in total. The third-order valence-corrected chi connectivity index (χ3v) is 3.07. The third-order valence-electron chi connectivity index (χ3n) is 2.38. The second-order valence-electron chi connectivity index (χ2n) is 3.58. The Bertz CT molecular complexity index is 638. The number of nitrogens with two attached hydrogens (primary N) is 1. The van der Waals surface area contributed by atoms with Crippen molar-refractivity contribution < 1.29 is 10.0 Å². The molecule has 0 bridgehead atoms. The normalized spacial score (nSPS) is 11.3. The molecule has 1 amide bonds. The monoisotopic (exact) mass is 323 g/mol. The summed E-state index contributed by atoms with van der Waals surface area (Å²) in [6, 6.07) is 6.97. The maximum Gasteiger partial charge on any atom is 0.257 e. The first kappa shape index (κ1) is 13.1. The number of amides is 1. The first-order chi connectivity index (χ1) is 9.13. The molecule has 0 aliphatic carbocycles. The number of oxime groups is 1. The molecule has 0 radical (unpaired) electrons. The van der Waals surface area contributed by atoms with Crippen LogP contribution in [0.2, 0.25) is 0 Å². The molecule has 0 aliphatic rings. The van der Waals surface area contributed by atoms with E-state index < -0.39 is 0 Å².